The van der Waals surface area contributed by atoms with Crippen molar-refractivity contribution in [2.45, 2.75) is 38.6 Å². The lowest BCUT2D eigenvalue weighted by atomic mass is 9.86. The Hall–Kier alpha value is -1.13. The minimum atomic E-state index is -0.458. The van der Waals surface area contributed by atoms with E-state index in [2.05, 4.69) is 0 Å². The van der Waals surface area contributed by atoms with Crippen LogP contribution in [0.1, 0.15) is 32.6 Å². The molecule has 0 bridgehead atoms. The molecule has 1 aliphatic carbocycles. The van der Waals surface area contributed by atoms with Crippen molar-refractivity contribution in [2.75, 3.05) is 6.61 Å². The van der Waals surface area contributed by atoms with E-state index in [9.17, 15) is 14.9 Å². The Morgan fingerprint density at radius 3 is 2.43 bits per heavy atom. The number of nitrogens with zero attached hydrogens (tertiary/aromatic N) is 1. The van der Waals surface area contributed by atoms with Crippen molar-refractivity contribution >= 4 is 5.97 Å². The first-order valence-electron chi connectivity index (χ1n) is 4.95. The minimum Gasteiger partial charge on any atom is -0.466 e. The van der Waals surface area contributed by atoms with E-state index < -0.39 is 6.04 Å². The first kappa shape index (κ1) is 10.9. The molecule has 14 heavy (non-hydrogen) atoms. The highest BCUT2D eigenvalue weighted by atomic mass is 16.6. The summed E-state index contributed by atoms with van der Waals surface area (Å²) in [6, 6.07) is -0.458. The van der Waals surface area contributed by atoms with Crippen LogP contribution in [-0.4, -0.2) is 23.5 Å². The van der Waals surface area contributed by atoms with Crippen LogP contribution in [0.15, 0.2) is 0 Å². The Morgan fingerprint density at radius 2 is 2.00 bits per heavy atom. The summed E-state index contributed by atoms with van der Waals surface area (Å²) in [7, 11) is 0. The predicted molar refractivity (Wildman–Crippen MR) is 49.4 cm³/mol. The Kier molecular flexibility index (Phi) is 3.85. The van der Waals surface area contributed by atoms with E-state index in [1.54, 1.807) is 6.92 Å². The van der Waals surface area contributed by atoms with Crippen molar-refractivity contribution in [3.8, 4) is 0 Å². The Bertz CT molecular complexity index is 221. The van der Waals surface area contributed by atoms with Crippen LogP contribution >= 0.6 is 0 Å². The van der Waals surface area contributed by atoms with Gasteiger partial charge in [0.25, 0.3) is 0 Å². The van der Waals surface area contributed by atoms with E-state index in [0.717, 1.165) is 0 Å². The second-order valence-electron chi connectivity index (χ2n) is 3.54. The molecular formula is C9H15NO4. The average molecular weight is 201 g/mol. The van der Waals surface area contributed by atoms with E-state index in [1.165, 1.54) is 0 Å². The summed E-state index contributed by atoms with van der Waals surface area (Å²) >= 11 is 0. The van der Waals surface area contributed by atoms with Crippen molar-refractivity contribution in [3.05, 3.63) is 10.1 Å². The average Bonchev–Trinajstić information content (AvgIpc) is 2.18. The molecule has 0 aromatic rings. The zero-order valence-corrected chi connectivity index (χ0v) is 8.27. The molecule has 5 heteroatoms. The van der Waals surface area contributed by atoms with Crippen LogP contribution in [0.5, 0.6) is 0 Å². The summed E-state index contributed by atoms with van der Waals surface area (Å²) in [6.07, 6.45) is 2.17. The summed E-state index contributed by atoms with van der Waals surface area (Å²) in [5, 5.41) is 10.4. The molecule has 5 nitrogen and oxygen atoms in total. The van der Waals surface area contributed by atoms with Gasteiger partial charge in [0.05, 0.1) is 12.5 Å². The van der Waals surface area contributed by atoms with E-state index in [0.29, 0.717) is 32.3 Å². The third-order valence-electron chi connectivity index (χ3n) is 2.61. The number of rotatable bonds is 3. The smallest absolute Gasteiger partial charge is 0.308 e. The SMILES string of the molecule is CCOC(=O)C1CCC([N+](=O)[O-])CC1. The molecular weight excluding hydrogens is 186 g/mol. The lowest BCUT2D eigenvalue weighted by Gasteiger charge is -2.22. The lowest BCUT2D eigenvalue weighted by molar-refractivity contribution is -0.526. The predicted octanol–water partition coefficient (Wildman–Crippen LogP) is 1.39. The molecule has 0 aliphatic heterocycles. The highest BCUT2D eigenvalue weighted by Crippen LogP contribution is 2.26. The van der Waals surface area contributed by atoms with Gasteiger partial charge in [-0.25, -0.2) is 0 Å². The van der Waals surface area contributed by atoms with Gasteiger partial charge in [0.1, 0.15) is 0 Å². The molecule has 0 radical (unpaired) electrons. The monoisotopic (exact) mass is 201 g/mol. The summed E-state index contributed by atoms with van der Waals surface area (Å²) < 4.78 is 4.87. The molecule has 0 N–H and O–H groups in total. The molecule has 0 aromatic heterocycles. The van der Waals surface area contributed by atoms with Gasteiger partial charge in [0.2, 0.25) is 6.04 Å². The normalized spacial score (nSPS) is 26.9. The molecule has 0 atom stereocenters. The van der Waals surface area contributed by atoms with Gasteiger partial charge in [-0.05, 0) is 19.8 Å². The van der Waals surface area contributed by atoms with E-state index in [-0.39, 0.29) is 16.8 Å². The quantitative estimate of drug-likeness (QED) is 0.393. The van der Waals surface area contributed by atoms with E-state index in [4.69, 9.17) is 4.74 Å². The van der Waals surface area contributed by atoms with Crippen LogP contribution in [0, 0.1) is 16.0 Å². The summed E-state index contributed by atoms with van der Waals surface area (Å²) in [5.41, 5.74) is 0. The summed E-state index contributed by atoms with van der Waals surface area (Å²) in [4.78, 5) is 21.5. The molecule has 0 amide bonds. The highest BCUT2D eigenvalue weighted by Gasteiger charge is 2.32. The highest BCUT2D eigenvalue weighted by molar-refractivity contribution is 5.72. The molecule has 1 aliphatic rings. The van der Waals surface area contributed by atoms with Gasteiger partial charge in [-0.3, -0.25) is 14.9 Å². The summed E-state index contributed by atoms with van der Waals surface area (Å²) in [5.74, 6) is -0.319. The number of nitro groups is 1. The van der Waals surface area contributed by atoms with Crippen molar-refractivity contribution in [3.63, 3.8) is 0 Å². The molecule has 0 aromatic carbocycles. The van der Waals surface area contributed by atoms with Gasteiger partial charge in [0, 0.05) is 17.8 Å². The first-order valence-corrected chi connectivity index (χ1v) is 4.95. The van der Waals surface area contributed by atoms with Crippen LogP contribution in [-0.2, 0) is 9.53 Å². The molecule has 1 rings (SSSR count). The maximum atomic E-state index is 11.3. The third-order valence-corrected chi connectivity index (χ3v) is 2.61. The van der Waals surface area contributed by atoms with E-state index in [1.807, 2.05) is 0 Å². The van der Waals surface area contributed by atoms with Gasteiger partial charge < -0.3 is 4.74 Å². The van der Waals surface area contributed by atoms with Crippen LogP contribution in [0.25, 0.3) is 0 Å². The number of hydrogen-bond donors (Lipinski definition) is 0. The zero-order valence-electron chi connectivity index (χ0n) is 8.27. The van der Waals surface area contributed by atoms with Crippen LogP contribution in [0.3, 0.4) is 0 Å². The second-order valence-corrected chi connectivity index (χ2v) is 3.54. The van der Waals surface area contributed by atoms with Gasteiger partial charge >= 0.3 is 5.97 Å². The zero-order chi connectivity index (χ0) is 10.6. The largest absolute Gasteiger partial charge is 0.466 e. The number of carbonyl (C=O) groups is 1. The standard InChI is InChI=1S/C9H15NO4/c1-2-14-9(11)7-3-5-8(6-4-7)10(12)13/h7-8H,2-6H2,1H3. The second kappa shape index (κ2) is 4.93. The fourth-order valence-corrected chi connectivity index (χ4v) is 1.78. The number of esters is 1. The number of hydrogen-bond acceptors (Lipinski definition) is 4. The van der Waals surface area contributed by atoms with Crippen LogP contribution < -0.4 is 0 Å². The van der Waals surface area contributed by atoms with Gasteiger partial charge in [0.15, 0.2) is 0 Å². The minimum absolute atomic E-state index is 0.119. The van der Waals surface area contributed by atoms with Crippen molar-refractivity contribution < 1.29 is 14.5 Å². The molecule has 1 saturated carbocycles. The Balaban J connectivity index is 2.35. The molecule has 80 valence electrons. The molecule has 1 fully saturated rings. The third kappa shape index (κ3) is 2.68. The van der Waals surface area contributed by atoms with Gasteiger partial charge in [-0.2, -0.15) is 0 Å². The maximum absolute atomic E-state index is 11.3. The van der Waals surface area contributed by atoms with Crippen molar-refractivity contribution in [2.24, 2.45) is 5.92 Å². The maximum Gasteiger partial charge on any atom is 0.308 e. The van der Waals surface area contributed by atoms with Crippen molar-refractivity contribution in [1.82, 2.24) is 0 Å². The Labute approximate surface area is 82.6 Å². The number of carbonyl (C=O) groups excluding carboxylic acids is 1. The fourth-order valence-electron chi connectivity index (χ4n) is 1.78. The number of ether oxygens (including phenoxy) is 1. The topological polar surface area (TPSA) is 69.4 Å². The van der Waals surface area contributed by atoms with Gasteiger partial charge in [-0.15, -0.1) is 0 Å². The van der Waals surface area contributed by atoms with Crippen molar-refractivity contribution in [1.29, 1.82) is 0 Å². The van der Waals surface area contributed by atoms with E-state index >= 15 is 0 Å². The molecule has 0 spiro atoms. The van der Waals surface area contributed by atoms with Gasteiger partial charge in [-0.1, -0.05) is 0 Å². The molecule has 0 unspecified atom stereocenters. The summed E-state index contributed by atoms with van der Waals surface area (Å²) in [6.45, 7) is 2.15. The lowest BCUT2D eigenvalue weighted by Crippen LogP contribution is -2.30. The van der Waals surface area contributed by atoms with Crippen LogP contribution in [0.2, 0.25) is 0 Å². The first-order chi connectivity index (χ1) is 6.65. The molecule has 0 heterocycles. The van der Waals surface area contributed by atoms with Crippen LogP contribution in [0.4, 0.5) is 0 Å². The fraction of sp³-hybridized carbons (Fsp3) is 0.889. The Morgan fingerprint density at radius 1 is 1.43 bits per heavy atom. The molecule has 0 saturated heterocycles.